The summed E-state index contributed by atoms with van der Waals surface area (Å²) in [5.74, 6) is 2.02. The van der Waals surface area contributed by atoms with Crippen LogP contribution in [0.25, 0.3) is 0 Å². The fourth-order valence-corrected chi connectivity index (χ4v) is 2.78. The zero-order valence-corrected chi connectivity index (χ0v) is 10.3. The summed E-state index contributed by atoms with van der Waals surface area (Å²) < 4.78 is 3.49. The smallest absolute Gasteiger partial charge is 0.112 e. The van der Waals surface area contributed by atoms with E-state index < -0.39 is 0 Å². The minimum absolute atomic E-state index is 0.646. The van der Waals surface area contributed by atoms with Gasteiger partial charge in [-0.25, -0.2) is 4.98 Å². The molecule has 1 N–H and O–H groups in total. The Kier molecular flexibility index (Phi) is 2.56. The van der Waals surface area contributed by atoms with E-state index >= 15 is 0 Å². The molecule has 1 aliphatic heterocycles. The molecule has 0 amide bonds. The second kappa shape index (κ2) is 3.91. The highest BCUT2D eigenvalue weighted by Crippen LogP contribution is 2.40. The van der Waals surface area contributed by atoms with Gasteiger partial charge in [0.15, 0.2) is 0 Å². The molecule has 3 nitrogen and oxygen atoms in total. The molecule has 4 heteroatoms. The van der Waals surface area contributed by atoms with Crippen LogP contribution in [0.3, 0.4) is 0 Å². The van der Waals surface area contributed by atoms with Crippen molar-refractivity contribution in [3.63, 3.8) is 0 Å². The number of rotatable bonds is 3. The Hall–Kier alpha value is -0.350. The Morgan fingerprint density at radius 3 is 3.00 bits per heavy atom. The molecule has 2 heterocycles. The highest BCUT2D eigenvalue weighted by molar-refractivity contribution is 9.10. The first-order valence-electron chi connectivity index (χ1n) is 5.79. The van der Waals surface area contributed by atoms with Crippen molar-refractivity contribution >= 4 is 15.9 Å². The predicted molar refractivity (Wildman–Crippen MR) is 62.9 cm³/mol. The SMILES string of the molecule is Brc1cnc(C2CC2)n1CC1CCCN1. The number of nitrogens with zero attached hydrogens (tertiary/aromatic N) is 2. The number of hydrogen-bond acceptors (Lipinski definition) is 2. The molecule has 1 aromatic heterocycles. The quantitative estimate of drug-likeness (QED) is 0.913. The van der Waals surface area contributed by atoms with Gasteiger partial charge in [-0.05, 0) is 48.2 Å². The van der Waals surface area contributed by atoms with Gasteiger partial charge in [0, 0.05) is 18.5 Å². The highest BCUT2D eigenvalue weighted by atomic mass is 79.9. The minimum Gasteiger partial charge on any atom is -0.321 e. The summed E-state index contributed by atoms with van der Waals surface area (Å²) in [5, 5.41) is 3.54. The van der Waals surface area contributed by atoms with Crippen molar-refractivity contribution in [2.75, 3.05) is 6.54 Å². The topological polar surface area (TPSA) is 29.9 Å². The average Bonchev–Trinajstić information content (AvgIpc) is 2.82. The van der Waals surface area contributed by atoms with E-state index in [9.17, 15) is 0 Å². The Morgan fingerprint density at radius 1 is 1.47 bits per heavy atom. The summed E-state index contributed by atoms with van der Waals surface area (Å²) in [7, 11) is 0. The molecule has 0 aromatic carbocycles. The molecule has 0 spiro atoms. The number of aromatic nitrogens is 2. The average molecular weight is 270 g/mol. The minimum atomic E-state index is 0.646. The third kappa shape index (κ3) is 1.97. The second-order valence-corrected chi connectivity index (χ2v) is 5.43. The third-order valence-electron chi connectivity index (χ3n) is 3.35. The van der Waals surface area contributed by atoms with E-state index in [1.165, 1.54) is 38.1 Å². The molecular formula is C11H16BrN3. The van der Waals surface area contributed by atoms with Crippen LogP contribution >= 0.6 is 15.9 Å². The first kappa shape index (κ1) is 9.85. The predicted octanol–water partition coefficient (Wildman–Crippen LogP) is 2.27. The molecule has 3 rings (SSSR count). The van der Waals surface area contributed by atoms with Gasteiger partial charge in [0.2, 0.25) is 0 Å². The van der Waals surface area contributed by atoms with Crippen molar-refractivity contribution < 1.29 is 0 Å². The van der Waals surface area contributed by atoms with Crippen molar-refractivity contribution in [2.24, 2.45) is 0 Å². The maximum absolute atomic E-state index is 4.51. The van der Waals surface area contributed by atoms with Gasteiger partial charge in [-0.3, -0.25) is 0 Å². The van der Waals surface area contributed by atoms with Crippen LogP contribution in [0.4, 0.5) is 0 Å². The van der Waals surface area contributed by atoms with Crippen LogP contribution in [0.1, 0.15) is 37.4 Å². The first-order chi connectivity index (χ1) is 7.34. The van der Waals surface area contributed by atoms with Gasteiger partial charge in [-0.2, -0.15) is 0 Å². The van der Waals surface area contributed by atoms with Crippen molar-refractivity contribution in [1.82, 2.24) is 14.9 Å². The van der Waals surface area contributed by atoms with E-state index in [0.717, 1.165) is 17.1 Å². The summed E-state index contributed by atoms with van der Waals surface area (Å²) in [4.78, 5) is 4.51. The van der Waals surface area contributed by atoms with E-state index in [-0.39, 0.29) is 0 Å². The maximum atomic E-state index is 4.51. The molecular weight excluding hydrogens is 254 g/mol. The molecule has 1 saturated heterocycles. The van der Waals surface area contributed by atoms with E-state index in [0.29, 0.717) is 6.04 Å². The molecule has 1 aliphatic carbocycles. The summed E-state index contributed by atoms with van der Waals surface area (Å²) in [6, 6.07) is 0.646. The zero-order valence-electron chi connectivity index (χ0n) is 8.75. The van der Waals surface area contributed by atoms with E-state index in [1.807, 2.05) is 6.20 Å². The van der Waals surface area contributed by atoms with Gasteiger partial charge in [0.25, 0.3) is 0 Å². The summed E-state index contributed by atoms with van der Waals surface area (Å²) in [6.45, 7) is 2.25. The molecule has 1 unspecified atom stereocenters. The third-order valence-corrected chi connectivity index (χ3v) is 3.98. The standard InChI is InChI=1S/C11H16BrN3/c12-10-6-14-11(8-3-4-8)15(10)7-9-2-1-5-13-9/h6,8-9,13H,1-5,7H2. The summed E-state index contributed by atoms with van der Waals surface area (Å²) in [5.41, 5.74) is 0. The van der Waals surface area contributed by atoms with Crippen LogP contribution in [-0.2, 0) is 6.54 Å². The lowest BCUT2D eigenvalue weighted by Crippen LogP contribution is -2.27. The Balaban J connectivity index is 1.79. The van der Waals surface area contributed by atoms with Crippen LogP contribution in [-0.4, -0.2) is 22.1 Å². The molecule has 1 aromatic rings. The lowest BCUT2D eigenvalue weighted by Gasteiger charge is -2.14. The highest BCUT2D eigenvalue weighted by Gasteiger charge is 2.29. The molecule has 15 heavy (non-hydrogen) atoms. The Bertz CT molecular complexity index is 351. The molecule has 82 valence electrons. The largest absolute Gasteiger partial charge is 0.321 e. The van der Waals surface area contributed by atoms with E-state index in [2.05, 4.69) is 30.8 Å². The zero-order chi connectivity index (χ0) is 10.3. The number of hydrogen-bond donors (Lipinski definition) is 1. The van der Waals surface area contributed by atoms with Crippen molar-refractivity contribution in [3.8, 4) is 0 Å². The summed E-state index contributed by atoms with van der Waals surface area (Å²) in [6.07, 6.45) is 7.20. The van der Waals surface area contributed by atoms with Crippen LogP contribution < -0.4 is 5.32 Å². The van der Waals surface area contributed by atoms with Gasteiger partial charge in [-0.1, -0.05) is 0 Å². The number of nitrogens with one attached hydrogen (secondary N) is 1. The lowest BCUT2D eigenvalue weighted by molar-refractivity contribution is 0.491. The van der Waals surface area contributed by atoms with Crippen molar-refractivity contribution in [2.45, 2.75) is 44.2 Å². The fraction of sp³-hybridized carbons (Fsp3) is 0.727. The molecule has 2 aliphatic rings. The molecule has 0 bridgehead atoms. The van der Waals surface area contributed by atoms with Crippen molar-refractivity contribution in [1.29, 1.82) is 0 Å². The van der Waals surface area contributed by atoms with Gasteiger partial charge in [0.05, 0.1) is 6.20 Å². The van der Waals surface area contributed by atoms with Crippen LogP contribution in [0.2, 0.25) is 0 Å². The van der Waals surface area contributed by atoms with Crippen LogP contribution in [0.5, 0.6) is 0 Å². The second-order valence-electron chi connectivity index (χ2n) is 4.62. The molecule has 0 radical (unpaired) electrons. The number of halogens is 1. The molecule has 2 fully saturated rings. The van der Waals surface area contributed by atoms with Gasteiger partial charge >= 0.3 is 0 Å². The maximum Gasteiger partial charge on any atom is 0.112 e. The van der Waals surface area contributed by atoms with E-state index in [1.54, 1.807) is 0 Å². The van der Waals surface area contributed by atoms with Crippen LogP contribution in [0.15, 0.2) is 10.8 Å². The summed E-state index contributed by atoms with van der Waals surface area (Å²) >= 11 is 3.59. The van der Waals surface area contributed by atoms with Gasteiger partial charge in [0.1, 0.15) is 10.4 Å². The molecule has 1 saturated carbocycles. The van der Waals surface area contributed by atoms with Gasteiger partial charge < -0.3 is 9.88 Å². The Labute approximate surface area is 98.4 Å². The fourth-order valence-electron chi connectivity index (χ4n) is 2.35. The molecule has 1 atom stereocenters. The van der Waals surface area contributed by atoms with Crippen molar-refractivity contribution in [3.05, 3.63) is 16.6 Å². The number of imidazole rings is 1. The Morgan fingerprint density at radius 2 is 2.33 bits per heavy atom. The first-order valence-corrected chi connectivity index (χ1v) is 6.58. The lowest BCUT2D eigenvalue weighted by atomic mass is 10.2. The monoisotopic (exact) mass is 269 g/mol. The van der Waals surface area contributed by atoms with Crippen LogP contribution in [0, 0.1) is 0 Å². The van der Waals surface area contributed by atoms with Gasteiger partial charge in [-0.15, -0.1) is 0 Å². The normalized spacial score (nSPS) is 26.1. The van der Waals surface area contributed by atoms with E-state index in [4.69, 9.17) is 0 Å².